The number of benzene rings is 3. The minimum atomic E-state index is -0.961. The Morgan fingerprint density at radius 3 is 2.41 bits per heavy atom. The summed E-state index contributed by atoms with van der Waals surface area (Å²) in [5.74, 6) is 0.511. The molecule has 2 N–H and O–H groups in total. The van der Waals surface area contributed by atoms with Crippen molar-refractivity contribution in [2.24, 2.45) is 0 Å². The highest BCUT2D eigenvalue weighted by molar-refractivity contribution is 6.03. The average Bonchev–Trinajstić information content (AvgIpc) is 3.38. The van der Waals surface area contributed by atoms with Gasteiger partial charge in [0, 0.05) is 34.4 Å². The van der Waals surface area contributed by atoms with Crippen LogP contribution < -0.4 is 19.7 Å². The number of fused-ring (bicyclic) bond motifs is 1. The topological polar surface area (TPSA) is 83.7 Å². The average molecular weight is 526 g/mol. The van der Waals surface area contributed by atoms with Crippen molar-refractivity contribution in [3.63, 3.8) is 0 Å². The summed E-state index contributed by atoms with van der Waals surface area (Å²) in [4.78, 5) is 33.4. The first-order valence-corrected chi connectivity index (χ1v) is 13.5. The fraction of sp³-hybridized carbons (Fsp3) is 0.312. The maximum absolute atomic E-state index is 14.3. The maximum atomic E-state index is 14.3. The van der Waals surface area contributed by atoms with Gasteiger partial charge in [0.1, 0.15) is 6.04 Å². The Morgan fingerprint density at radius 1 is 0.923 bits per heavy atom. The molecule has 202 valence electrons. The molecule has 1 fully saturated rings. The van der Waals surface area contributed by atoms with Gasteiger partial charge < -0.3 is 19.8 Å². The molecular formula is C32H35N3O4. The minimum Gasteiger partial charge on any atom is -0.493 e. The van der Waals surface area contributed by atoms with Crippen molar-refractivity contribution in [3.8, 4) is 11.5 Å². The number of para-hydroxylation sites is 3. The van der Waals surface area contributed by atoms with Gasteiger partial charge in [-0.3, -0.25) is 14.5 Å². The van der Waals surface area contributed by atoms with Crippen LogP contribution in [0.2, 0.25) is 0 Å². The summed E-state index contributed by atoms with van der Waals surface area (Å²) in [6.45, 7) is 0. The van der Waals surface area contributed by atoms with Crippen LogP contribution in [0.5, 0.6) is 11.5 Å². The fourth-order valence-electron chi connectivity index (χ4n) is 5.60. The predicted molar refractivity (Wildman–Crippen MR) is 153 cm³/mol. The number of methoxy groups -OCH3 is 2. The van der Waals surface area contributed by atoms with Gasteiger partial charge in [0.05, 0.1) is 20.6 Å². The van der Waals surface area contributed by atoms with Crippen LogP contribution >= 0.6 is 0 Å². The van der Waals surface area contributed by atoms with Gasteiger partial charge >= 0.3 is 0 Å². The van der Waals surface area contributed by atoms with Crippen molar-refractivity contribution in [1.82, 2.24) is 10.3 Å². The molecule has 0 unspecified atom stereocenters. The van der Waals surface area contributed by atoms with Crippen LogP contribution in [-0.4, -0.2) is 37.1 Å². The summed E-state index contributed by atoms with van der Waals surface area (Å²) in [5.41, 5.74) is 3.05. The highest BCUT2D eigenvalue weighted by Crippen LogP contribution is 2.39. The lowest BCUT2D eigenvalue weighted by atomic mass is 9.94. The van der Waals surface area contributed by atoms with Gasteiger partial charge in [-0.1, -0.05) is 67.8 Å². The molecule has 0 saturated heterocycles. The van der Waals surface area contributed by atoms with Crippen LogP contribution in [0.1, 0.15) is 49.3 Å². The maximum Gasteiger partial charge on any atom is 0.248 e. The summed E-state index contributed by atoms with van der Waals surface area (Å²) < 4.78 is 11.3. The SMILES string of the molecule is COc1cccc([C@@H](C(=O)NC2CCCCC2)N(C(=O)Cc2c[nH]c3ccccc23)c2ccccc2)c1OC. The van der Waals surface area contributed by atoms with E-state index in [1.165, 1.54) is 6.42 Å². The molecule has 1 aromatic heterocycles. The van der Waals surface area contributed by atoms with Crippen LogP contribution in [0.4, 0.5) is 5.69 Å². The molecule has 0 aliphatic heterocycles. The summed E-state index contributed by atoms with van der Waals surface area (Å²) >= 11 is 0. The number of aromatic nitrogens is 1. The van der Waals surface area contributed by atoms with Gasteiger partial charge in [0.2, 0.25) is 11.8 Å². The third kappa shape index (κ3) is 5.62. The molecule has 1 atom stereocenters. The summed E-state index contributed by atoms with van der Waals surface area (Å²) in [7, 11) is 3.12. The largest absolute Gasteiger partial charge is 0.493 e. The molecule has 1 aliphatic carbocycles. The number of anilines is 1. The van der Waals surface area contributed by atoms with E-state index < -0.39 is 6.04 Å². The smallest absolute Gasteiger partial charge is 0.248 e. The number of ether oxygens (including phenoxy) is 2. The molecule has 5 rings (SSSR count). The monoisotopic (exact) mass is 525 g/mol. The summed E-state index contributed by atoms with van der Waals surface area (Å²) in [6, 6.07) is 21.8. The predicted octanol–water partition coefficient (Wildman–Crippen LogP) is 5.95. The molecule has 0 bridgehead atoms. The lowest BCUT2D eigenvalue weighted by molar-refractivity contribution is -0.127. The van der Waals surface area contributed by atoms with Gasteiger partial charge in [0.15, 0.2) is 11.5 Å². The summed E-state index contributed by atoms with van der Waals surface area (Å²) in [6.07, 6.45) is 7.21. The molecule has 7 heteroatoms. The zero-order valence-corrected chi connectivity index (χ0v) is 22.5. The standard InChI is InChI=1S/C32H35N3O4/c1-38-28-19-11-17-26(31(28)39-2)30(32(37)34-23-12-5-3-6-13-23)35(24-14-7-4-8-15-24)29(36)20-22-21-33-27-18-10-9-16-25(22)27/h4,7-11,14-19,21,23,30,33H,3,5-6,12-13,20H2,1-2H3,(H,34,37)/t30-/m0/s1. The van der Waals surface area contributed by atoms with Gasteiger partial charge in [-0.05, 0) is 42.7 Å². The second-order valence-corrected chi connectivity index (χ2v) is 9.96. The van der Waals surface area contributed by atoms with E-state index in [9.17, 15) is 9.59 Å². The van der Waals surface area contributed by atoms with Crippen LogP contribution in [0.15, 0.2) is 79.0 Å². The minimum absolute atomic E-state index is 0.0756. The lowest BCUT2D eigenvalue weighted by Crippen LogP contribution is -2.47. The van der Waals surface area contributed by atoms with E-state index in [1.54, 1.807) is 25.2 Å². The van der Waals surface area contributed by atoms with Crippen molar-refractivity contribution < 1.29 is 19.1 Å². The Kier molecular flexibility index (Phi) is 8.16. The van der Waals surface area contributed by atoms with Crippen molar-refractivity contribution >= 4 is 28.4 Å². The van der Waals surface area contributed by atoms with E-state index in [2.05, 4.69) is 10.3 Å². The zero-order chi connectivity index (χ0) is 27.2. The number of H-pyrrole nitrogens is 1. The number of carbonyl (C=O) groups excluding carboxylic acids is 2. The normalized spacial score (nSPS) is 14.5. The Morgan fingerprint density at radius 2 is 1.67 bits per heavy atom. The molecule has 1 saturated carbocycles. The number of nitrogens with one attached hydrogen (secondary N) is 2. The van der Waals surface area contributed by atoms with Gasteiger partial charge in [-0.15, -0.1) is 0 Å². The lowest BCUT2D eigenvalue weighted by Gasteiger charge is -2.34. The number of nitrogens with zero attached hydrogens (tertiary/aromatic N) is 1. The highest BCUT2D eigenvalue weighted by atomic mass is 16.5. The van der Waals surface area contributed by atoms with E-state index in [0.29, 0.717) is 22.7 Å². The third-order valence-electron chi connectivity index (χ3n) is 7.51. The second kappa shape index (κ2) is 12.1. The van der Waals surface area contributed by atoms with Gasteiger partial charge in [-0.25, -0.2) is 0 Å². The number of hydrogen-bond acceptors (Lipinski definition) is 4. The Labute approximate surface area is 229 Å². The number of rotatable bonds is 9. The van der Waals surface area contributed by atoms with E-state index in [1.807, 2.05) is 72.9 Å². The quantitative estimate of drug-likeness (QED) is 0.283. The van der Waals surface area contributed by atoms with Crippen molar-refractivity contribution in [2.75, 3.05) is 19.1 Å². The Balaban J connectivity index is 1.61. The van der Waals surface area contributed by atoms with E-state index >= 15 is 0 Å². The van der Waals surface area contributed by atoms with Gasteiger partial charge in [0.25, 0.3) is 0 Å². The molecule has 39 heavy (non-hydrogen) atoms. The molecule has 1 aliphatic rings. The second-order valence-electron chi connectivity index (χ2n) is 9.96. The van der Waals surface area contributed by atoms with Crippen molar-refractivity contribution in [3.05, 3.63) is 90.1 Å². The first kappa shape index (κ1) is 26.4. The molecule has 1 heterocycles. The van der Waals surface area contributed by atoms with E-state index in [-0.39, 0.29) is 24.3 Å². The first-order chi connectivity index (χ1) is 19.1. The molecule has 7 nitrogen and oxygen atoms in total. The van der Waals surface area contributed by atoms with Crippen LogP contribution in [-0.2, 0) is 16.0 Å². The number of carbonyl (C=O) groups is 2. The van der Waals surface area contributed by atoms with Crippen molar-refractivity contribution in [2.45, 2.75) is 50.6 Å². The Hall–Kier alpha value is -4.26. The molecule has 3 aromatic carbocycles. The third-order valence-corrected chi connectivity index (χ3v) is 7.51. The molecule has 4 aromatic rings. The number of hydrogen-bond donors (Lipinski definition) is 2. The van der Waals surface area contributed by atoms with Crippen LogP contribution in [0, 0.1) is 0 Å². The Bertz CT molecular complexity index is 1430. The summed E-state index contributed by atoms with van der Waals surface area (Å²) in [5, 5.41) is 4.25. The van der Waals surface area contributed by atoms with Crippen molar-refractivity contribution in [1.29, 1.82) is 0 Å². The molecule has 0 radical (unpaired) electrons. The highest BCUT2D eigenvalue weighted by Gasteiger charge is 2.36. The fourth-order valence-corrected chi connectivity index (χ4v) is 5.60. The zero-order valence-electron chi connectivity index (χ0n) is 22.5. The molecule has 0 spiro atoms. The van der Waals surface area contributed by atoms with Crippen LogP contribution in [0.25, 0.3) is 10.9 Å². The number of amides is 2. The van der Waals surface area contributed by atoms with E-state index in [4.69, 9.17) is 9.47 Å². The van der Waals surface area contributed by atoms with Crippen LogP contribution in [0.3, 0.4) is 0 Å². The van der Waals surface area contributed by atoms with E-state index in [0.717, 1.165) is 42.1 Å². The number of aromatic amines is 1. The molecule has 2 amide bonds. The first-order valence-electron chi connectivity index (χ1n) is 13.5. The molecular weight excluding hydrogens is 490 g/mol. The van der Waals surface area contributed by atoms with Gasteiger partial charge in [-0.2, -0.15) is 0 Å².